The van der Waals surface area contributed by atoms with Gasteiger partial charge in [-0.25, -0.2) is 9.50 Å². The van der Waals surface area contributed by atoms with Gasteiger partial charge in [-0.2, -0.15) is 10.4 Å². The first-order chi connectivity index (χ1) is 14.1. The van der Waals surface area contributed by atoms with E-state index in [1.54, 1.807) is 35.1 Å². The van der Waals surface area contributed by atoms with Crippen LogP contribution in [0.25, 0.3) is 16.9 Å². The summed E-state index contributed by atoms with van der Waals surface area (Å²) in [7, 11) is 1.59. The molecule has 0 N–H and O–H groups in total. The molecule has 2 aliphatic rings. The molecule has 5 rings (SSSR count). The Kier molecular flexibility index (Phi) is 3.81. The van der Waals surface area contributed by atoms with E-state index < -0.39 is 5.41 Å². The summed E-state index contributed by atoms with van der Waals surface area (Å²) in [5.41, 5.74) is 1.03. The maximum absolute atomic E-state index is 13.4. The summed E-state index contributed by atoms with van der Waals surface area (Å²) in [5.74, 6) is 1.12. The van der Waals surface area contributed by atoms with Gasteiger partial charge in [0.25, 0.3) is 0 Å². The largest absolute Gasteiger partial charge is 0.495 e. The zero-order chi connectivity index (χ0) is 20.2. The number of carbonyl (C=O) groups excluding carboxylic acids is 1. The summed E-state index contributed by atoms with van der Waals surface area (Å²) >= 11 is 0. The molecule has 0 radical (unpaired) electrons. The highest BCUT2D eigenvalue weighted by Crippen LogP contribution is 2.54. The van der Waals surface area contributed by atoms with Gasteiger partial charge in [0.05, 0.1) is 37.5 Å². The third-order valence-corrected chi connectivity index (χ3v) is 6.10. The number of carbonyl (C=O) groups is 1. The minimum absolute atomic E-state index is 0.0555. The lowest BCUT2D eigenvalue weighted by molar-refractivity contribution is -0.124. The smallest absolute Gasteiger partial charge is 0.249 e. The van der Waals surface area contributed by atoms with Crippen LogP contribution in [0.1, 0.15) is 19.8 Å². The van der Waals surface area contributed by atoms with Gasteiger partial charge in [0.2, 0.25) is 5.91 Å². The third kappa shape index (κ3) is 2.50. The number of amides is 1. The van der Waals surface area contributed by atoms with E-state index >= 15 is 0 Å². The van der Waals surface area contributed by atoms with Gasteiger partial charge < -0.3 is 4.74 Å². The lowest BCUT2D eigenvalue weighted by atomic mass is 9.75. The van der Waals surface area contributed by atoms with Gasteiger partial charge >= 0.3 is 0 Å². The van der Waals surface area contributed by atoms with Crippen LogP contribution in [0.3, 0.4) is 0 Å². The first kappa shape index (κ1) is 17.6. The Bertz CT molecular complexity index is 1140. The molecule has 0 aromatic carbocycles. The van der Waals surface area contributed by atoms with Gasteiger partial charge in [-0.3, -0.25) is 14.7 Å². The van der Waals surface area contributed by atoms with Gasteiger partial charge in [0.15, 0.2) is 5.82 Å². The number of anilines is 1. The second kappa shape index (κ2) is 6.27. The predicted octanol–water partition coefficient (Wildman–Crippen LogP) is 2.70. The van der Waals surface area contributed by atoms with Crippen molar-refractivity contribution in [2.45, 2.75) is 19.8 Å². The zero-order valence-electron chi connectivity index (χ0n) is 16.2. The minimum atomic E-state index is -0.951. The Morgan fingerprint density at radius 2 is 2.10 bits per heavy atom. The molecule has 146 valence electrons. The van der Waals surface area contributed by atoms with E-state index in [-0.39, 0.29) is 17.7 Å². The van der Waals surface area contributed by atoms with Crippen LogP contribution in [-0.2, 0) is 4.79 Å². The quantitative estimate of drug-likeness (QED) is 0.682. The standard InChI is InChI=1S/C21H20N6O2/c1-13-10-26(20(28)21(13,12-22)14-3-4-14)19-18-7-8-24-27(18)11-17(25-19)16-6-5-15(29-2)9-23-16/h5-9,11,13-14H,3-4,10H2,1-2H3/t13-,21+/m1/s1. The fourth-order valence-electron chi connectivity index (χ4n) is 4.37. The van der Waals surface area contributed by atoms with Gasteiger partial charge in [-0.1, -0.05) is 6.92 Å². The Labute approximate surface area is 167 Å². The van der Waals surface area contributed by atoms with E-state index in [0.717, 1.165) is 18.4 Å². The number of methoxy groups -OCH3 is 1. The van der Waals surface area contributed by atoms with Gasteiger partial charge in [-0.15, -0.1) is 0 Å². The zero-order valence-corrected chi connectivity index (χ0v) is 16.2. The van der Waals surface area contributed by atoms with Crippen molar-refractivity contribution in [1.82, 2.24) is 19.6 Å². The monoisotopic (exact) mass is 388 g/mol. The number of nitrogens with zero attached hydrogens (tertiary/aromatic N) is 6. The van der Waals surface area contributed by atoms with Crippen LogP contribution in [0, 0.1) is 28.6 Å². The highest BCUT2D eigenvalue weighted by Gasteiger charge is 2.61. The van der Waals surface area contributed by atoms with Crippen molar-refractivity contribution < 1.29 is 9.53 Å². The predicted molar refractivity (Wildman–Crippen MR) is 105 cm³/mol. The number of rotatable bonds is 4. The molecule has 2 atom stereocenters. The maximum atomic E-state index is 13.4. The SMILES string of the molecule is COc1ccc(-c2cn3nccc3c(N3C[C@@H](C)[C@@](C#N)(C4CC4)C3=O)n2)nc1. The van der Waals surface area contributed by atoms with Crippen molar-refractivity contribution in [3.63, 3.8) is 0 Å². The third-order valence-electron chi connectivity index (χ3n) is 6.10. The number of ether oxygens (including phenoxy) is 1. The summed E-state index contributed by atoms with van der Waals surface area (Å²) < 4.78 is 6.87. The number of hydrogen-bond acceptors (Lipinski definition) is 6. The second-order valence-corrected chi connectivity index (χ2v) is 7.77. The van der Waals surface area contributed by atoms with Crippen molar-refractivity contribution in [2.75, 3.05) is 18.6 Å². The molecule has 0 unspecified atom stereocenters. The molecule has 8 heteroatoms. The number of nitriles is 1. The van der Waals surface area contributed by atoms with Crippen LogP contribution in [-0.4, -0.2) is 39.1 Å². The molecule has 0 spiro atoms. The normalized spacial score (nSPS) is 24.1. The van der Waals surface area contributed by atoms with Crippen molar-refractivity contribution in [2.24, 2.45) is 17.3 Å². The topological polar surface area (TPSA) is 96.4 Å². The number of fused-ring (bicyclic) bond motifs is 1. The van der Waals surface area contributed by atoms with E-state index in [0.29, 0.717) is 29.5 Å². The molecule has 1 saturated carbocycles. The number of pyridine rings is 1. The van der Waals surface area contributed by atoms with Crippen LogP contribution >= 0.6 is 0 Å². The molecule has 29 heavy (non-hydrogen) atoms. The first-order valence-corrected chi connectivity index (χ1v) is 9.66. The number of hydrogen-bond donors (Lipinski definition) is 0. The lowest BCUT2D eigenvalue weighted by Crippen LogP contribution is -2.37. The van der Waals surface area contributed by atoms with Crippen LogP contribution in [0.2, 0.25) is 0 Å². The van der Waals surface area contributed by atoms with Crippen molar-refractivity contribution in [3.05, 3.63) is 36.8 Å². The lowest BCUT2D eigenvalue weighted by Gasteiger charge is -2.23. The molecule has 2 fully saturated rings. The fraction of sp³-hybridized carbons (Fsp3) is 0.381. The molecular weight excluding hydrogens is 368 g/mol. The highest BCUT2D eigenvalue weighted by atomic mass is 16.5. The van der Waals surface area contributed by atoms with E-state index in [1.807, 2.05) is 25.1 Å². The van der Waals surface area contributed by atoms with E-state index in [9.17, 15) is 10.1 Å². The Hall–Kier alpha value is -3.47. The van der Waals surface area contributed by atoms with Crippen LogP contribution in [0.15, 0.2) is 36.8 Å². The molecule has 4 heterocycles. The van der Waals surface area contributed by atoms with Crippen molar-refractivity contribution in [1.29, 1.82) is 5.26 Å². The van der Waals surface area contributed by atoms with Crippen LogP contribution in [0.4, 0.5) is 5.82 Å². The summed E-state index contributed by atoms with van der Waals surface area (Å²) in [6.45, 7) is 2.46. The summed E-state index contributed by atoms with van der Waals surface area (Å²) in [4.78, 5) is 24.3. The average molecular weight is 388 g/mol. The molecule has 3 aromatic rings. The van der Waals surface area contributed by atoms with E-state index in [2.05, 4.69) is 16.2 Å². The molecule has 1 aliphatic carbocycles. The summed E-state index contributed by atoms with van der Waals surface area (Å²) in [6, 6.07) is 7.83. The minimum Gasteiger partial charge on any atom is -0.495 e. The molecular formula is C21H20N6O2. The van der Waals surface area contributed by atoms with E-state index in [1.165, 1.54) is 0 Å². The Balaban J connectivity index is 1.62. The molecule has 1 amide bonds. The van der Waals surface area contributed by atoms with Crippen LogP contribution < -0.4 is 9.64 Å². The Morgan fingerprint density at radius 3 is 2.76 bits per heavy atom. The van der Waals surface area contributed by atoms with Gasteiger partial charge in [0, 0.05) is 12.5 Å². The number of aromatic nitrogens is 4. The second-order valence-electron chi connectivity index (χ2n) is 7.77. The molecule has 1 saturated heterocycles. The molecule has 0 bridgehead atoms. The molecule has 8 nitrogen and oxygen atoms in total. The van der Waals surface area contributed by atoms with Gasteiger partial charge in [-0.05, 0) is 37.0 Å². The molecule has 3 aromatic heterocycles. The fourth-order valence-corrected chi connectivity index (χ4v) is 4.37. The first-order valence-electron chi connectivity index (χ1n) is 9.66. The van der Waals surface area contributed by atoms with E-state index in [4.69, 9.17) is 9.72 Å². The summed E-state index contributed by atoms with van der Waals surface area (Å²) in [6.07, 6.45) is 6.96. The Morgan fingerprint density at radius 1 is 1.28 bits per heavy atom. The van der Waals surface area contributed by atoms with Crippen molar-refractivity contribution >= 4 is 17.2 Å². The maximum Gasteiger partial charge on any atom is 0.249 e. The van der Waals surface area contributed by atoms with Gasteiger partial charge in [0.1, 0.15) is 22.4 Å². The van der Waals surface area contributed by atoms with Crippen molar-refractivity contribution in [3.8, 4) is 23.2 Å². The summed E-state index contributed by atoms with van der Waals surface area (Å²) in [5, 5.41) is 14.3. The average Bonchev–Trinajstić information content (AvgIpc) is 3.42. The highest BCUT2D eigenvalue weighted by molar-refractivity contribution is 6.04. The molecule has 1 aliphatic heterocycles. The van der Waals surface area contributed by atoms with Crippen LogP contribution in [0.5, 0.6) is 5.75 Å².